The molecule has 0 atom stereocenters. The number of carbonyl (C=O) groups excluding carboxylic acids is 2. The summed E-state index contributed by atoms with van der Waals surface area (Å²) in [6, 6.07) is 9.15. The Bertz CT molecular complexity index is 836. The number of Topliss-reactive ketones (excluding diaryl/α,β-unsaturated/α-hetero) is 1. The molecule has 2 aromatic rings. The van der Waals surface area contributed by atoms with Gasteiger partial charge in [-0.15, -0.1) is 11.3 Å². The fourth-order valence-electron chi connectivity index (χ4n) is 2.13. The van der Waals surface area contributed by atoms with Crippen LogP contribution >= 0.6 is 11.3 Å². The van der Waals surface area contributed by atoms with Crippen molar-refractivity contribution < 1.29 is 23.9 Å². The number of benzene rings is 1. The summed E-state index contributed by atoms with van der Waals surface area (Å²) < 4.78 is 9.88. The number of thiophene rings is 1. The van der Waals surface area contributed by atoms with Crippen LogP contribution in [0.3, 0.4) is 0 Å². The summed E-state index contributed by atoms with van der Waals surface area (Å²) in [5.41, 5.74) is 9.81. The molecule has 1 aromatic heterocycles. The van der Waals surface area contributed by atoms with E-state index in [2.05, 4.69) is 10.1 Å². The average Bonchev–Trinajstić information content (AvgIpc) is 3.07. The van der Waals surface area contributed by atoms with Crippen LogP contribution in [0.25, 0.3) is 16.0 Å². The summed E-state index contributed by atoms with van der Waals surface area (Å²) in [5, 5.41) is 2.92. The fourth-order valence-corrected chi connectivity index (χ4v) is 3.24. The van der Waals surface area contributed by atoms with Crippen LogP contribution in [0.15, 0.2) is 30.3 Å². The predicted octanol–water partition coefficient (Wildman–Crippen LogP) is 2.88. The van der Waals surface area contributed by atoms with Crippen LogP contribution in [-0.4, -0.2) is 43.0 Å². The van der Waals surface area contributed by atoms with Crippen LogP contribution in [0, 0.1) is 0 Å². The molecule has 7 nitrogen and oxygen atoms in total. The van der Waals surface area contributed by atoms with Crippen molar-refractivity contribution in [1.29, 1.82) is 0 Å². The van der Waals surface area contributed by atoms with Crippen molar-refractivity contribution in [3.63, 3.8) is 0 Å². The Morgan fingerprint density at radius 2 is 1.96 bits per heavy atom. The molecule has 1 aromatic carbocycles. The Labute approximate surface area is 148 Å². The van der Waals surface area contributed by atoms with Crippen LogP contribution in [0.1, 0.15) is 16.6 Å². The van der Waals surface area contributed by atoms with Crippen LogP contribution in [0.2, 0.25) is 0 Å². The monoisotopic (exact) mass is 359 g/mol. The molecule has 130 valence electrons. The summed E-state index contributed by atoms with van der Waals surface area (Å²) in [6.07, 6.45) is 0. The van der Waals surface area contributed by atoms with Gasteiger partial charge in [0.1, 0.15) is 10.6 Å². The van der Waals surface area contributed by atoms with Crippen molar-refractivity contribution in [1.82, 2.24) is 0 Å². The summed E-state index contributed by atoms with van der Waals surface area (Å²) >= 11 is 1.19. The minimum Gasteiger partial charge on any atom is -0.497 e. The number of nitrogens with one attached hydrogen (secondary N) is 1. The second kappa shape index (κ2) is 8.23. The maximum atomic E-state index is 12.6. The van der Waals surface area contributed by atoms with Crippen molar-refractivity contribution in [2.45, 2.75) is 6.92 Å². The van der Waals surface area contributed by atoms with E-state index in [1.807, 2.05) is 24.3 Å². The second-order valence-corrected chi connectivity index (χ2v) is 5.88. The van der Waals surface area contributed by atoms with Gasteiger partial charge in [0.25, 0.3) is 5.78 Å². The molecule has 0 amide bonds. The molecule has 0 fully saturated rings. The van der Waals surface area contributed by atoms with Crippen LogP contribution in [0.4, 0.5) is 5.69 Å². The number of esters is 1. The quantitative estimate of drug-likeness (QED) is 0.205. The van der Waals surface area contributed by atoms with Gasteiger partial charge in [-0.1, -0.05) is 0 Å². The van der Waals surface area contributed by atoms with Crippen LogP contribution in [0.5, 0.6) is 5.75 Å². The van der Waals surface area contributed by atoms with Gasteiger partial charge < -0.3 is 20.3 Å². The first-order chi connectivity index (χ1) is 12.0. The van der Waals surface area contributed by atoms with Gasteiger partial charge in [0.05, 0.1) is 19.4 Å². The Hall–Kier alpha value is -2.96. The summed E-state index contributed by atoms with van der Waals surface area (Å²) in [6.45, 7) is 1.68. The molecule has 0 bridgehead atoms. The zero-order chi connectivity index (χ0) is 18.4. The first kappa shape index (κ1) is 18.4. The highest BCUT2D eigenvalue weighted by molar-refractivity contribution is 7.19. The first-order valence-electron chi connectivity index (χ1n) is 7.45. The maximum absolute atomic E-state index is 12.6. The summed E-state index contributed by atoms with van der Waals surface area (Å²) in [5.74, 6) is -0.936. The number of hydrogen-bond donors (Lipinski definition) is 1. The molecule has 0 spiro atoms. The standard InChI is InChI=1S/C17H17N3O4S/c1-4-24-17(22)14(20-18)15(21)16-12(19-2)9-13(25-16)10-5-7-11(23-3)8-6-10/h5-9,19H,4H2,1-3H3. The Morgan fingerprint density at radius 3 is 2.48 bits per heavy atom. The van der Waals surface area contributed by atoms with Crippen molar-refractivity contribution in [2.75, 3.05) is 26.1 Å². The molecule has 0 saturated heterocycles. The summed E-state index contributed by atoms with van der Waals surface area (Å²) in [7, 11) is 3.25. The highest BCUT2D eigenvalue weighted by Crippen LogP contribution is 2.35. The molecule has 0 unspecified atom stereocenters. The van der Waals surface area contributed by atoms with Crippen molar-refractivity contribution in [3.05, 3.63) is 40.7 Å². The largest absolute Gasteiger partial charge is 0.497 e. The third-order valence-corrected chi connectivity index (χ3v) is 4.55. The van der Waals surface area contributed by atoms with Crippen molar-refractivity contribution in [2.24, 2.45) is 0 Å². The van der Waals surface area contributed by atoms with E-state index in [4.69, 9.17) is 15.0 Å². The molecule has 25 heavy (non-hydrogen) atoms. The molecule has 0 saturated carbocycles. The number of hydrogen-bond acceptors (Lipinski definition) is 6. The molecule has 1 heterocycles. The second-order valence-electron chi connectivity index (χ2n) is 4.83. The van der Waals surface area contributed by atoms with Gasteiger partial charge >= 0.3 is 11.7 Å². The number of rotatable bonds is 7. The highest BCUT2D eigenvalue weighted by atomic mass is 32.1. The van der Waals surface area contributed by atoms with Gasteiger partial charge in [-0.25, -0.2) is 4.79 Å². The normalized spacial score (nSPS) is 9.88. The molecule has 0 aliphatic carbocycles. The molecular weight excluding hydrogens is 342 g/mol. The van der Waals surface area contributed by atoms with E-state index in [9.17, 15) is 9.59 Å². The lowest BCUT2D eigenvalue weighted by Gasteiger charge is -2.00. The Kier molecular flexibility index (Phi) is 6.05. The SMILES string of the molecule is CCOC(=O)C(=[N+]=[N-])C(=O)c1sc(-c2ccc(OC)cc2)cc1NC. The summed E-state index contributed by atoms with van der Waals surface area (Å²) in [4.78, 5) is 28.2. The number of ketones is 1. The molecule has 1 N–H and O–H groups in total. The molecular formula is C17H17N3O4S. The van der Waals surface area contributed by atoms with E-state index >= 15 is 0 Å². The van der Waals surface area contributed by atoms with Gasteiger partial charge in [0, 0.05) is 11.9 Å². The minimum absolute atomic E-state index is 0.0750. The van der Waals surface area contributed by atoms with Gasteiger partial charge in [-0.3, -0.25) is 4.79 Å². The van der Waals surface area contributed by atoms with Crippen molar-refractivity contribution >= 4 is 34.5 Å². The van der Waals surface area contributed by atoms with Crippen LogP contribution in [-0.2, 0) is 9.53 Å². The fraction of sp³-hybridized carbons (Fsp3) is 0.235. The average molecular weight is 359 g/mol. The highest BCUT2D eigenvalue weighted by Gasteiger charge is 2.35. The van der Waals surface area contributed by atoms with Gasteiger partial charge in [-0.05, 0) is 42.8 Å². The number of ether oxygens (including phenoxy) is 2. The maximum Gasteiger partial charge on any atom is 0.447 e. The van der Waals surface area contributed by atoms with Crippen molar-refractivity contribution in [3.8, 4) is 16.2 Å². The molecule has 0 aliphatic rings. The first-order valence-corrected chi connectivity index (χ1v) is 8.27. The lowest BCUT2D eigenvalue weighted by atomic mass is 10.1. The van der Waals surface area contributed by atoms with E-state index in [0.29, 0.717) is 5.69 Å². The lowest BCUT2D eigenvalue weighted by molar-refractivity contribution is -0.139. The lowest BCUT2D eigenvalue weighted by Crippen LogP contribution is -2.27. The number of anilines is 1. The third kappa shape index (κ3) is 3.93. The smallest absolute Gasteiger partial charge is 0.447 e. The number of methoxy groups -OCH3 is 1. The van der Waals surface area contributed by atoms with E-state index < -0.39 is 17.5 Å². The van der Waals surface area contributed by atoms with E-state index in [1.165, 1.54) is 11.3 Å². The van der Waals surface area contributed by atoms with Gasteiger partial charge in [-0.2, -0.15) is 4.79 Å². The molecule has 0 radical (unpaired) electrons. The molecule has 2 rings (SSSR count). The Balaban J connectivity index is 2.41. The van der Waals surface area contributed by atoms with Gasteiger partial charge in [0.15, 0.2) is 0 Å². The predicted molar refractivity (Wildman–Crippen MR) is 95.4 cm³/mol. The molecule has 8 heteroatoms. The number of carbonyl (C=O) groups is 2. The zero-order valence-corrected chi connectivity index (χ0v) is 14.8. The molecule has 0 aliphatic heterocycles. The van der Waals surface area contributed by atoms with E-state index in [0.717, 1.165) is 16.2 Å². The van der Waals surface area contributed by atoms with E-state index in [1.54, 1.807) is 27.1 Å². The van der Waals surface area contributed by atoms with Gasteiger partial charge in [0.2, 0.25) is 0 Å². The zero-order valence-electron chi connectivity index (χ0n) is 14.0. The van der Waals surface area contributed by atoms with Crippen LogP contribution < -0.4 is 10.1 Å². The third-order valence-electron chi connectivity index (χ3n) is 3.37. The number of nitrogens with zero attached hydrogens (tertiary/aromatic N) is 2. The Morgan fingerprint density at radius 1 is 1.28 bits per heavy atom. The minimum atomic E-state index is -0.962. The topological polar surface area (TPSA) is 101 Å². The van der Waals surface area contributed by atoms with E-state index in [-0.39, 0.29) is 11.5 Å².